The molecule has 2 atom stereocenters. The number of rotatable bonds is 3. The molecule has 2 heteroatoms. The largest absolute Gasteiger partial charge is 0.501 e. The first kappa shape index (κ1) is 12.2. The lowest BCUT2D eigenvalue weighted by atomic mass is 9.81. The summed E-state index contributed by atoms with van der Waals surface area (Å²) in [5, 5.41) is 0. The second-order valence-electron chi connectivity index (χ2n) is 4.97. The van der Waals surface area contributed by atoms with Crippen LogP contribution in [0.3, 0.4) is 0 Å². The molecule has 0 radical (unpaired) electrons. The molecule has 17 heavy (non-hydrogen) atoms. The number of hydrogen-bond acceptors (Lipinski definition) is 2. The number of methoxy groups -OCH3 is 1. The smallest absolute Gasteiger partial charge is 0.101 e. The second-order valence-corrected chi connectivity index (χ2v) is 4.97. The molecule has 1 aliphatic carbocycles. The van der Waals surface area contributed by atoms with E-state index >= 15 is 0 Å². The molecule has 0 amide bonds. The monoisotopic (exact) mass is 231 g/mol. The number of aromatic nitrogens is 1. The first-order valence-electron chi connectivity index (χ1n) is 6.46. The Morgan fingerprint density at radius 1 is 1.41 bits per heavy atom. The van der Waals surface area contributed by atoms with Crippen molar-refractivity contribution in [1.82, 2.24) is 4.98 Å². The Bertz CT molecular complexity index is 372. The molecule has 1 aromatic heterocycles. The summed E-state index contributed by atoms with van der Waals surface area (Å²) < 4.78 is 5.56. The van der Waals surface area contributed by atoms with Crippen LogP contribution in [0.4, 0.5) is 0 Å². The molecule has 2 nitrogen and oxygen atoms in total. The quantitative estimate of drug-likeness (QED) is 0.736. The van der Waals surface area contributed by atoms with Crippen molar-refractivity contribution in [1.29, 1.82) is 0 Å². The van der Waals surface area contributed by atoms with E-state index in [1.54, 1.807) is 7.11 Å². The highest BCUT2D eigenvalue weighted by Crippen LogP contribution is 2.34. The standard InChI is InChI=1S/C15H21NO/c1-12-6-5-7-13(10-12)15(17-2)11-14-8-3-4-9-16-14/h3-4,8-9,11-13H,5-7,10H2,1-2H3/b15-11-. The Hall–Kier alpha value is -1.31. The van der Waals surface area contributed by atoms with E-state index in [0.717, 1.165) is 17.4 Å². The van der Waals surface area contributed by atoms with Gasteiger partial charge in [-0.2, -0.15) is 0 Å². The summed E-state index contributed by atoms with van der Waals surface area (Å²) in [4.78, 5) is 4.32. The zero-order chi connectivity index (χ0) is 12.1. The van der Waals surface area contributed by atoms with Gasteiger partial charge in [-0.25, -0.2) is 0 Å². The fraction of sp³-hybridized carbons (Fsp3) is 0.533. The summed E-state index contributed by atoms with van der Waals surface area (Å²) in [6.45, 7) is 2.33. The van der Waals surface area contributed by atoms with Gasteiger partial charge in [0.15, 0.2) is 0 Å². The summed E-state index contributed by atoms with van der Waals surface area (Å²) in [6, 6.07) is 5.97. The van der Waals surface area contributed by atoms with Crippen LogP contribution in [-0.2, 0) is 4.74 Å². The van der Waals surface area contributed by atoms with E-state index in [-0.39, 0.29) is 0 Å². The van der Waals surface area contributed by atoms with Crippen molar-refractivity contribution in [2.24, 2.45) is 11.8 Å². The molecule has 0 bridgehead atoms. The normalized spacial score (nSPS) is 25.6. The van der Waals surface area contributed by atoms with Crippen molar-refractivity contribution < 1.29 is 4.74 Å². The van der Waals surface area contributed by atoms with E-state index in [2.05, 4.69) is 18.0 Å². The average molecular weight is 231 g/mol. The Morgan fingerprint density at radius 3 is 2.94 bits per heavy atom. The molecule has 1 heterocycles. The molecule has 1 fully saturated rings. The van der Waals surface area contributed by atoms with E-state index in [4.69, 9.17) is 4.74 Å². The van der Waals surface area contributed by atoms with Gasteiger partial charge in [-0.3, -0.25) is 4.98 Å². The first-order valence-corrected chi connectivity index (χ1v) is 6.46. The molecule has 1 aromatic rings. The lowest BCUT2D eigenvalue weighted by Gasteiger charge is -2.27. The molecule has 0 spiro atoms. The summed E-state index contributed by atoms with van der Waals surface area (Å²) in [6.07, 6.45) is 9.07. The molecule has 2 rings (SSSR count). The van der Waals surface area contributed by atoms with Crippen molar-refractivity contribution >= 4 is 6.08 Å². The highest BCUT2D eigenvalue weighted by molar-refractivity contribution is 5.47. The maximum absolute atomic E-state index is 5.56. The maximum atomic E-state index is 5.56. The number of hydrogen-bond donors (Lipinski definition) is 0. The summed E-state index contributed by atoms with van der Waals surface area (Å²) in [5.41, 5.74) is 0.988. The Labute approximate surface area is 104 Å². The van der Waals surface area contributed by atoms with Crippen molar-refractivity contribution in [3.05, 3.63) is 35.8 Å². The maximum Gasteiger partial charge on any atom is 0.101 e. The zero-order valence-electron chi connectivity index (χ0n) is 10.7. The van der Waals surface area contributed by atoms with Gasteiger partial charge in [0.25, 0.3) is 0 Å². The lowest BCUT2D eigenvalue weighted by Crippen LogP contribution is -2.16. The van der Waals surface area contributed by atoms with Crippen LogP contribution >= 0.6 is 0 Å². The van der Waals surface area contributed by atoms with Gasteiger partial charge in [0.2, 0.25) is 0 Å². The molecule has 2 unspecified atom stereocenters. The van der Waals surface area contributed by atoms with Gasteiger partial charge in [0.05, 0.1) is 12.8 Å². The molecule has 1 saturated carbocycles. The average Bonchev–Trinajstić information content (AvgIpc) is 2.37. The molecule has 0 aromatic carbocycles. The summed E-state index contributed by atoms with van der Waals surface area (Å²) in [5.74, 6) is 2.48. The molecule has 1 aliphatic rings. The summed E-state index contributed by atoms with van der Waals surface area (Å²) in [7, 11) is 1.77. The fourth-order valence-corrected chi connectivity index (χ4v) is 2.64. The molecular weight excluding hydrogens is 210 g/mol. The van der Waals surface area contributed by atoms with Crippen LogP contribution in [-0.4, -0.2) is 12.1 Å². The van der Waals surface area contributed by atoms with Gasteiger partial charge < -0.3 is 4.74 Å². The van der Waals surface area contributed by atoms with Gasteiger partial charge >= 0.3 is 0 Å². The van der Waals surface area contributed by atoms with Crippen LogP contribution in [0.5, 0.6) is 0 Å². The van der Waals surface area contributed by atoms with E-state index in [9.17, 15) is 0 Å². The van der Waals surface area contributed by atoms with E-state index in [0.29, 0.717) is 5.92 Å². The van der Waals surface area contributed by atoms with Gasteiger partial charge in [0, 0.05) is 18.2 Å². The third-order valence-corrected chi connectivity index (χ3v) is 3.55. The Morgan fingerprint density at radius 2 is 2.29 bits per heavy atom. The number of allylic oxidation sites excluding steroid dienone is 1. The first-order chi connectivity index (χ1) is 8.29. The SMILES string of the molecule is CO/C(=C\c1ccccn1)C1CCCC(C)C1. The molecule has 0 aliphatic heterocycles. The zero-order valence-corrected chi connectivity index (χ0v) is 10.7. The second kappa shape index (κ2) is 5.85. The van der Waals surface area contributed by atoms with Gasteiger partial charge in [0.1, 0.15) is 5.76 Å². The minimum absolute atomic E-state index is 0.575. The van der Waals surface area contributed by atoms with Gasteiger partial charge in [-0.05, 0) is 30.9 Å². The minimum atomic E-state index is 0.575. The van der Waals surface area contributed by atoms with Crippen molar-refractivity contribution in [2.45, 2.75) is 32.6 Å². The highest BCUT2D eigenvalue weighted by Gasteiger charge is 2.22. The van der Waals surface area contributed by atoms with Gasteiger partial charge in [-0.1, -0.05) is 25.8 Å². The van der Waals surface area contributed by atoms with Crippen molar-refractivity contribution in [3.8, 4) is 0 Å². The van der Waals surface area contributed by atoms with Crippen LogP contribution in [0, 0.1) is 11.8 Å². The van der Waals surface area contributed by atoms with E-state index in [1.807, 2.05) is 24.4 Å². The third-order valence-electron chi connectivity index (χ3n) is 3.55. The highest BCUT2D eigenvalue weighted by atomic mass is 16.5. The minimum Gasteiger partial charge on any atom is -0.501 e. The van der Waals surface area contributed by atoms with Crippen LogP contribution in [0.15, 0.2) is 30.2 Å². The molecular formula is C15H21NO. The van der Waals surface area contributed by atoms with Crippen LogP contribution in [0.25, 0.3) is 6.08 Å². The van der Waals surface area contributed by atoms with Gasteiger partial charge in [-0.15, -0.1) is 0 Å². The Kier molecular flexibility index (Phi) is 4.18. The predicted molar refractivity (Wildman–Crippen MR) is 70.3 cm³/mol. The molecule has 0 N–H and O–H groups in total. The van der Waals surface area contributed by atoms with Crippen LogP contribution in [0.2, 0.25) is 0 Å². The van der Waals surface area contributed by atoms with E-state index < -0.39 is 0 Å². The third kappa shape index (κ3) is 3.32. The molecule has 92 valence electrons. The summed E-state index contributed by atoms with van der Waals surface area (Å²) >= 11 is 0. The van der Waals surface area contributed by atoms with Crippen LogP contribution < -0.4 is 0 Å². The number of ether oxygens (including phenoxy) is 1. The number of pyridine rings is 1. The molecule has 0 saturated heterocycles. The van der Waals surface area contributed by atoms with Crippen LogP contribution in [0.1, 0.15) is 38.3 Å². The topological polar surface area (TPSA) is 22.1 Å². The van der Waals surface area contributed by atoms with E-state index in [1.165, 1.54) is 25.7 Å². The fourth-order valence-electron chi connectivity index (χ4n) is 2.64. The predicted octanol–water partition coefficient (Wildman–Crippen LogP) is 3.90. The number of nitrogens with zero attached hydrogens (tertiary/aromatic N) is 1. The van der Waals surface area contributed by atoms with Crippen molar-refractivity contribution in [2.75, 3.05) is 7.11 Å². The Balaban J connectivity index is 2.12. The lowest BCUT2D eigenvalue weighted by molar-refractivity contribution is 0.196. The van der Waals surface area contributed by atoms with Crippen molar-refractivity contribution in [3.63, 3.8) is 0 Å².